The van der Waals surface area contributed by atoms with Crippen molar-refractivity contribution in [2.24, 2.45) is 0 Å². The van der Waals surface area contributed by atoms with Crippen molar-refractivity contribution in [3.63, 3.8) is 0 Å². The number of nitrogens with zero attached hydrogens (tertiary/aromatic N) is 1. The van der Waals surface area contributed by atoms with E-state index >= 15 is 0 Å². The van der Waals surface area contributed by atoms with Gasteiger partial charge in [0.25, 0.3) is 5.91 Å². The largest absolute Gasteiger partial charge is 0.361 e. The van der Waals surface area contributed by atoms with Crippen LogP contribution in [0.5, 0.6) is 0 Å². The highest BCUT2D eigenvalue weighted by atomic mass is 16.5. The first kappa shape index (κ1) is 15.3. The summed E-state index contributed by atoms with van der Waals surface area (Å²) in [4.78, 5) is 12.3. The molecule has 2 rings (SSSR count). The zero-order valence-electron chi connectivity index (χ0n) is 13.1. The predicted molar refractivity (Wildman–Crippen MR) is 82.3 cm³/mol. The van der Waals surface area contributed by atoms with Crippen molar-refractivity contribution in [1.29, 1.82) is 0 Å². The van der Waals surface area contributed by atoms with Gasteiger partial charge in [0.05, 0.1) is 11.7 Å². The van der Waals surface area contributed by atoms with Gasteiger partial charge in [0.1, 0.15) is 11.3 Å². The van der Waals surface area contributed by atoms with Gasteiger partial charge in [0, 0.05) is 0 Å². The Morgan fingerprint density at radius 2 is 1.95 bits per heavy atom. The number of nitrogens with one attached hydrogen (secondary N) is 1. The first-order valence-electron chi connectivity index (χ1n) is 7.35. The zero-order valence-corrected chi connectivity index (χ0v) is 13.1. The molecule has 1 aromatic carbocycles. The number of aryl methyl sites for hydroxylation is 3. The fourth-order valence-electron chi connectivity index (χ4n) is 2.42. The molecule has 0 radical (unpaired) electrons. The van der Waals surface area contributed by atoms with Gasteiger partial charge >= 0.3 is 0 Å². The van der Waals surface area contributed by atoms with Gasteiger partial charge in [-0.05, 0) is 38.3 Å². The minimum atomic E-state index is -0.142. The lowest BCUT2D eigenvalue weighted by atomic mass is 10.0. The summed E-state index contributed by atoms with van der Waals surface area (Å²) in [5, 5.41) is 6.81. The molecule has 1 heterocycles. The molecule has 21 heavy (non-hydrogen) atoms. The van der Waals surface area contributed by atoms with E-state index in [1.807, 2.05) is 6.92 Å². The van der Waals surface area contributed by atoms with E-state index in [-0.39, 0.29) is 11.9 Å². The molecule has 4 heteroatoms. The van der Waals surface area contributed by atoms with E-state index in [2.05, 4.69) is 41.7 Å². The van der Waals surface area contributed by atoms with Gasteiger partial charge in [0.2, 0.25) is 0 Å². The van der Waals surface area contributed by atoms with Crippen LogP contribution in [0.4, 0.5) is 0 Å². The highest BCUT2D eigenvalue weighted by Crippen LogP contribution is 2.17. The van der Waals surface area contributed by atoms with Gasteiger partial charge in [-0.15, -0.1) is 0 Å². The molecule has 0 saturated carbocycles. The van der Waals surface area contributed by atoms with Gasteiger partial charge in [-0.1, -0.05) is 42.8 Å². The van der Waals surface area contributed by atoms with E-state index in [1.54, 1.807) is 13.8 Å². The van der Waals surface area contributed by atoms with E-state index < -0.39 is 0 Å². The van der Waals surface area contributed by atoms with E-state index in [4.69, 9.17) is 4.52 Å². The molecule has 0 aliphatic carbocycles. The molecule has 0 saturated heterocycles. The van der Waals surface area contributed by atoms with E-state index in [0.29, 0.717) is 17.0 Å². The van der Waals surface area contributed by atoms with Gasteiger partial charge in [-0.3, -0.25) is 4.79 Å². The van der Waals surface area contributed by atoms with Crippen LogP contribution in [0, 0.1) is 13.8 Å². The van der Waals surface area contributed by atoms with Gasteiger partial charge in [-0.25, -0.2) is 0 Å². The molecule has 0 bridgehead atoms. The molecule has 112 valence electrons. The molecule has 0 fully saturated rings. The van der Waals surface area contributed by atoms with E-state index in [0.717, 1.165) is 18.4 Å². The summed E-state index contributed by atoms with van der Waals surface area (Å²) in [6.07, 6.45) is 2.22. The predicted octanol–water partition coefficient (Wildman–Crippen LogP) is 3.73. The van der Waals surface area contributed by atoms with E-state index in [1.165, 1.54) is 5.56 Å². The average molecular weight is 286 g/mol. The third-order valence-corrected chi connectivity index (χ3v) is 3.63. The van der Waals surface area contributed by atoms with Crippen LogP contribution in [0.3, 0.4) is 0 Å². The van der Waals surface area contributed by atoms with Crippen LogP contribution >= 0.6 is 0 Å². The number of carbonyl (C=O) groups excluding carboxylic acids is 1. The second-order valence-corrected chi connectivity index (χ2v) is 5.39. The van der Waals surface area contributed by atoms with E-state index in [9.17, 15) is 4.79 Å². The molecule has 0 aliphatic heterocycles. The van der Waals surface area contributed by atoms with Gasteiger partial charge < -0.3 is 9.84 Å². The van der Waals surface area contributed by atoms with Crippen LogP contribution < -0.4 is 5.32 Å². The average Bonchev–Trinajstić information content (AvgIpc) is 2.79. The first-order chi connectivity index (χ1) is 10.0. The lowest BCUT2D eigenvalue weighted by Crippen LogP contribution is -2.27. The summed E-state index contributed by atoms with van der Waals surface area (Å²) in [5.74, 6) is 0.409. The zero-order chi connectivity index (χ0) is 15.4. The van der Waals surface area contributed by atoms with Crippen molar-refractivity contribution in [3.8, 4) is 0 Å². The quantitative estimate of drug-likeness (QED) is 0.911. The van der Waals surface area contributed by atoms with Crippen LogP contribution in [-0.2, 0) is 6.42 Å². The second kappa shape index (κ2) is 6.57. The Kier molecular flexibility index (Phi) is 4.78. The standard InChI is InChI=1S/C17H22N2O2/c1-5-6-14-7-9-15(10-8-14)11(2)18-17(20)16-12(3)19-21-13(16)4/h7-11H,5-6H2,1-4H3,(H,18,20). The number of benzene rings is 1. The molecular weight excluding hydrogens is 264 g/mol. The molecule has 4 nitrogen and oxygen atoms in total. The fourth-order valence-corrected chi connectivity index (χ4v) is 2.42. The summed E-state index contributed by atoms with van der Waals surface area (Å²) in [6, 6.07) is 8.34. The van der Waals surface area contributed by atoms with Crippen molar-refractivity contribution >= 4 is 5.91 Å². The van der Waals surface area contributed by atoms with Crippen molar-refractivity contribution in [1.82, 2.24) is 10.5 Å². The van der Waals surface area contributed by atoms with Crippen LogP contribution in [0.2, 0.25) is 0 Å². The fraction of sp³-hybridized carbons (Fsp3) is 0.412. The summed E-state index contributed by atoms with van der Waals surface area (Å²) in [7, 11) is 0. The number of aromatic nitrogens is 1. The molecular formula is C17H22N2O2. The minimum absolute atomic E-state index is 0.0538. The Morgan fingerprint density at radius 3 is 2.48 bits per heavy atom. The number of carbonyl (C=O) groups is 1. The normalized spacial score (nSPS) is 12.2. The van der Waals surface area contributed by atoms with Crippen molar-refractivity contribution in [2.45, 2.75) is 46.6 Å². The number of rotatable bonds is 5. The topological polar surface area (TPSA) is 55.1 Å². The Balaban J connectivity index is 2.07. The van der Waals surface area contributed by atoms with Crippen LogP contribution in [0.1, 0.15) is 59.2 Å². The highest BCUT2D eigenvalue weighted by Gasteiger charge is 2.19. The number of hydrogen-bond donors (Lipinski definition) is 1. The van der Waals surface area contributed by atoms with Crippen molar-refractivity contribution in [3.05, 3.63) is 52.4 Å². The third kappa shape index (κ3) is 3.51. The van der Waals surface area contributed by atoms with Gasteiger partial charge in [-0.2, -0.15) is 0 Å². The smallest absolute Gasteiger partial charge is 0.257 e. The van der Waals surface area contributed by atoms with Crippen LogP contribution in [0.15, 0.2) is 28.8 Å². The second-order valence-electron chi connectivity index (χ2n) is 5.39. The summed E-state index contributed by atoms with van der Waals surface area (Å²) < 4.78 is 5.04. The van der Waals surface area contributed by atoms with Crippen molar-refractivity contribution < 1.29 is 9.32 Å². The van der Waals surface area contributed by atoms with Crippen LogP contribution in [0.25, 0.3) is 0 Å². The molecule has 0 aliphatic rings. The molecule has 1 amide bonds. The minimum Gasteiger partial charge on any atom is -0.361 e. The number of amides is 1. The molecule has 1 aromatic heterocycles. The molecule has 1 N–H and O–H groups in total. The number of hydrogen-bond acceptors (Lipinski definition) is 3. The molecule has 1 unspecified atom stereocenters. The lowest BCUT2D eigenvalue weighted by Gasteiger charge is -2.14. The Morgan fingerprint density at radius 1 is 1.29 bits per heavy atom. The maximum Gasteiger partial charge on any atom is 0.257 e. The van der Waals surface area contributed by atoms with Crippen molar-refractivity contribution in [2.75, 3.05) is 0 Å². The summed E-state index contributed by atoms with van der Waals surface area (Å²) in [5.41, 5.74) is 3.57. The molecule has 1 atom stereocenters. The molecule has 2 aromatic rings. The Hall–Kier alpha value is -2.10. The Bertz CT molecular complexity index is 595. The summed E-state index contributed by atoms with van der Waals surface area (Å²) in [6.45, 7) is 7.67. The Labute approximate surface area is 125 Å². The highest BCUT2D eigenvalue weighted by molar-refractivity contribution is 5.96. The first-order valence-corrected chi connectivity index (χ1v) is 7.35. The van der Waals surface area contributed by atoms with Crippen LogP contribution in [-0.4, -0.2) is 11.1 Å². The maximum atomic E-state index is 12.3. The maximum absolute atomic E-state index is 12.3. The molecule has 0 spiro atoms. The third-order valence-electron chi connectivity index (χ3n) is 3.63. The SMILES string of the molecule is CCCc1ccc(C(C)NC(=O)c2c(C)noc2C)cc1. The monoisotopic (exact) mass is 286 g/mol. The van der Waals surface area contributed by atoms with Gasteiger partial charge in [0.15, 0.2) is 0 Å². The summed E-state index contributed by atoms with van der Waals surface area (Å²) >= 11 is 0. The lowest BCUT2D eigenvalue weighted by molar-refractivity contribution is 0.0938.